The predicted molar refractivity (Wildman–Crippen MR) is 68.3 cm³/mol. The van der Waals surface area contributed by atoms with Crippen LogP contribution in [0.25, 0.3) is 0 Å². The first-order valence-corrected chi connectivity index (χ1v) is 8.15. The maximum absolute atomic E-state index is 11.9. The van der Waals surface area contributed by atoms with Gasteiger partial charge >= 0.3 is 0 Å². The Morgan fingerprint density at radius 2 is 2.39 bits per heavy atom. The molecule has 100 valence electrons. The molecular formula is C10H15N3O3S2. The lowest BCUT2D eigenvalue weighted by molar-refractivity contribution is -0.129. The van der Waals surface area contributed by atoms with Crippen LogP contribution in [0, 0.1) is 5.92 Å². The molecule has 1 aromatic rings. The van der Waals surface area contributed by atoms with Crippen LogP contribution in [-0.4, -0.2) is 36.5 Å². The lowest BCUT2D eigenvalue weighted by Gasteiger charge is -2.22. The molecule has 0 aromatic carbocycles. The van der Waals surface area contributed by atoms with Gasteiger partial charge in [0.25, 0.3) is 0 Å². The van der Waals surface area contributed by atoms with Gasteiger partial charge in [0, 0.05) is 30.5 Å². The minimum atomic E-state index is -3.53. The van der Waals surface area contributed by atoms with Crippen LogP contribution in [0.15, 0.2) is 11.6 Å². The summed E-state index contributed by atoms with van der Waals surface area (Å²) in [5.74, 6) is -0.388. The van der Waals surface area contributed by atoms with Crippen molar-refractivity contribution in [3.8, 4) is 0 Å². The zero-order valence-electron chi connectivity index (χ0n) is 9.94. The molecule has 2 N–H and O–H groups in total. The van der Waals surface area contributed by atoms with E-state index in [-0.39, 0.29) is 30.0 Å². The first-order chi connectivity index (χ1) is 8.37. The fourth-order valence-electron chi connectivity index (χ4n) is 2.20. The second-order valence-corrected chi connectivity index (χ2v) is 7.08. The van der Waals surface area contributed by atoms with Gasteiger partial charge in [0.1, 0.15) is 5.01 Å². The Bertz CT molecular complexity index is 527. The predicted octanol–water partition coefficient (Wildman–Crippen LogP) is 0.341. The molecule has 0 radical (unpaired) electrons. The molecule has 1 aliphatic rings. The highest BCUT2D eigenvalue weighted by atomic mass is 32.2. The molecule has 18 heavy (non-hydrogen) atoms. The van der Waals surface area contributed by atoms with E-state index in [9.17, 15) is 13.2 Å². The number of carbonyl (C=O) groups is 1. The average molecular weight is 289 g/mol. The largest absolute Gasteiger partial charge is 0.333 e. The third kappa shape index (κ3) is 3.06. The number of primary sulfonamides is 1. The van der Waals surface area contributed by atoms with Crippen molar-refractivity contribution in [2.24, 2.45) is 11.1 Å². The molecule has 2 heterocycles. The second kappa shape index (κ2) is 4.94. The zero-order valence-corrected chi connectivity index (χ0v) is 11.6. The minimum absolute atomic E-state index is 0.0358. The molecule has 8 heteroatoms. The summed E-state index contributed by atoms with van der Waals surface area (Å²) < 4.78 is 22.1. The number of nitrogens with zero attached hydrogens (tertiary/aromatic N) is 2. The van der Waals surface area contributed by atoms with E-state index >= 15 is 0 Å². The van der Waals surface area contributed by atoms with E-state index in [4.69, 9.17) is 5.14 Å². The maximum atomic E-state index is 11.9. The number of sulfonamides is 1. The summed E-state index contributed by atoms with van der Waals surface area (Å²) in [6, 6.07) is -0.108. The molecule has 1 saturated heterocycles. The van der Waals surface area contributed by atoms with Crippen LogP contribution in [0.5, 0.6) is 0 Å². The van der Waals surface area contributed by atoms with Gasteiger partial charge in [0.05, 0.1) is 11.8 Å². The number of hydrogen-bond donors (Lipinski definition) is 1. The van der Waals surface area contributed by atoms with E-state index in [1.165, 1.54) is 11.3 Å². The molecule has 1 aliphatic heterocycles. The van der Waals surface area contributed by atoms with Crippen molar-refractivity contribution in [1.29, 1.82) is 0 Å². The molecule has 0 spiro atoms. The Hall–Kier alpha value is -0.990. The second-order valence-electron chi connectivity index (χ2n) is 4.49. The van der Waals surface area contributed by atoms with Gasteiger partial charge in [-0.25, -0.2) is 18.5 Å². The van der Waals surface area contributed by atoms with Gasteiger partial charge in [-0.1, -0.05) is 0 Å². The number of rotatable bonds is 4. The number of nitrogens with two attached hydrogens (primary N) is 1. The molecule has 0 bridgehead atoms. The van der Waals surface area contributed by atoms with Crippen molar-refractivity contribution in [3.63, 3.8) is 0 Å². The van der Waals surface area contributed by atoms with Gasteiger partial charge in [-0.3, -0.25) is 4.79 Å². The first-order valence-electron chi connectivity index (χ1n) is 5.56. The van der Waals surface area contributed by atoms with E-state index in [2.05, 4.69) is 4.98 Å². The van der Waals surface area contributed by atoms with Gasteiger partial charge < -0.3 is 4.90 Å². The molecule has 2 rings (SSSR count). The van der Waals surface area contributed by atoms with Crippen LogP contribution in [0.4, 0.5) is 0 Å². The Morgan fingerprint density at radius 3 is 2.94 bits per heavy atom. The normalized spacial score (nSPS) is 22.4. The summed E-state index contributed by atoms with van der Waals surface area (Å²) in [4.78, 5) is 17.7. The van der Waals surface area contributed by atoms with Crippen molar-refractivity contribution >= 4 is 27.3 Å². The summed E-state index contributed by atoms with van der Waals surface area (Å²) in [5.41, 5.74) is 0. The number of aromatic nitrogens is 1. The Kier molecular flexibility index (Phi) is 3.69. The van der Waals surface area contributed by atoms with Crippen LogP contribution in [0.2, 0.25) is 0 Å². The fourth-order valence-corrected chi connectivity index (χ4v) is 3.78. The van der Waals surface area contributed by atoms with Gasteiger partial charge in [0.2, 0.25) is 15.9 Å². The Morgan fingerprint density at radius 1 is 1.67 bits per heavy atom. The number of hydrogen-bond acceptors (Lipinski definition) is 5. The third-order valence-electron chi connectivity index (χ3n) is 2.98. The van der Waals surface area contributed by atoms with Crippen LogP contribution >= 0.6 is 11.3 Å². The SMILES string of the molecule is CC(c1nccs1)N1CC(CS(N)(=O)=O)CC1=O. The lowest BCUT2D eigenvalue weighted by atomic mass is 10.1. The quantitative estimate of drug-likeness (QED) is 0.865. The average Bonchev–Trinajstić information content (AvgIpc) is 2.84. The van der Waals surface area contributed by atoms with Crippen molar-refractivity contribution in [2.75, 3.05) is 12.3 Å². The van der Waals surface area contributed by atoms with Crippen LogP contribution < -0.4 is 5.14 Å². The zero-order chi connectivity index (χ0) is 13.3. The van der Waals surface area contributed by atoms with Gasteiger partial charge in [0.15, 0.2) is 0 Å². The molecule has 1 aromatic heterocycles. The molecule has 6 nitrogen and oxygen atoms in total. The first kappa shape index (κ1) is 13.4. The molecule has 2 atom stereocenters. The van der Waals surface area contributed by atoms with Crippen molar-refractivity contribution in [1.82, 2.24) is 9.88 Å². The Balaban J connectivity index is 2.06. The molecular weight excluding hydrogens is 274 g/mol. The maximum Gasteiger partial charge on any atom is 0.223 e. The summed E-state index contributed by atoms with van der Waals surface area (Å²) in [6.07, 6.45) is 1.94. The standard InChI is InChI=1S/C10H15N3O3S2/c1-7(10-12-2-3-17-10)13-5-8(4-9(13)14)6-18(11,15)16/h2-3,7-8H,4-6H2,1H3,(H2,11,15,16). The smallest absolute Gasteiger partial charge is 0.223 e. The molecule has 2 unspecified atom stereocenters. The van der Waals surface area contributed by atoms with Crippen molar-refractivity contribution in [3.05, 3.63) is 16.6 Å². The molecule has 0 saturated carbocycles. The van der Waals surface area contributed by atoms with E-state index in [0.29, 0.717) is 6.54 Å². The highest BCUT2D eigenvalue weighted by Crippen LogP contribution is 2.29. The topological polar surface area (TPSA) is 93.4 Å². The van der Waals surface area contributed by atoms with Crippen LogP contribution in [-0.2, 0) is 14.8 Å². The highest BCUT2D eigenvalue weighted by Gasteiger charge is 2.35. The summed E-state index contributed by atoms with van der Waals surface area (Å²) in [5, 5.41) is 7.73. The molecule has 0 aliphatic carbocycles. The Labute approximate surface area is 110 Å². The highest BCUT2D eigenvalue weighted by molar-refractivity contribution is 7.89. The monoisotopic (exact) mass is 289 g/mol. The van der Waals surface area contributed by atoms with Gasteiger partial charge in [-0.15, -0.1) is 11.3 Å². The van der Waals surface area contributed by atoms with E-state index in [1.807, 2.05) is 12.3 Å². The third-order valence-corrected chi connectivity index (χ3v) is 4.86. The number of likely N-dealkylation sites (tertiary alicyclic amines) is 1. The number of thiazole rings is 1. The lowest BCUT2D eigenvalue weighted by Crippen LogP contribution is -2.30. The van der Waals surface area contributed by atoms with Crippen molar-refractivity contribution < 1.29 is 13.2 Å². The van der Waals surface area contributed by atoms with E-state index < -0.39 is 10.0 Å². The van der Waals surface area contributed by atoms with Crippen LogP contribution in [0.1, 0.15) is 24.4 Å². The summed E-state index contributed by atoms with van der Waals surface area (Å²) in [6.45, 7) is 2.33. The number of amides is 1. The van der Waals surface area contributed by atoms with E-state index in [1.54, 1.807) is 11.1 Å². The number of carbonyl (C=O) groups excluding carboxylic acids is 1. The minimum Gasteiger partial charge on any atom is -0.333 e. The fraction of sp³-hybridized carbons (Fsp3) is 0.600. The van der Waals surface area contributed by atoms with Crippen LogP contribution in [0.3, 0.4) is 0 Å². The van der Waals surface area contributed by atoms with Gasteiger partial charge in [-0.05, 0) is 6.92 Å². The van der Waals surface area contributed by atoms with E-state index in [0.717, 1.165) is 5.01 Å². The van der Waals surface area contributed by atoms with Crippen molar-refractivity contribution in [2.45, 2.75) is 19.4 Å². The summed E-state index contributed by atoms with van der Waals surface area (Å²) in [7, 11) is -3.53. The molecule has 1 fully saturated rings. The summed E-state index contributed by atoms with van der Waals surface area (Å²) >= 11 is 1.49. The molecule has 1 amide bonds. The van der Waals surface area contributed by atoms with Gasteiger partial charge in [-0.2, -0.15) is 0 Å².